The van der Waals surface area contributed by atoms with E-state index in [2.05, 4.69) is 9.88 Å². The summed E-state index contributed by atoms with van der Waals surface area (Å²) in [6.45, 7) is 4.20. The molecule has 0 atom stereocenters. The van der Waals surface area contributed by atoms with Crippen LogP contribution in [0, 0.1) is 17.0 Å². The highest BCUT2D eigenvalue weighted by Gasteiger charge is 2.26. The second-order valence-electron chi connectivity index (χ2n) is 6.47. The number of carbonyl (C=O) groups excluding carboxylic acids is 1. The molecule has 0 radical (unpaired) electrons. The lowest BCUT2D eigenvalue weighted by Crippen LogP contribution is -2.48. The van der Waals surface area contributed by atoms with Crippen LogP contribution in [-0.2, 0) is 0 Å². The number of nitro benzene ring substituents is 1. The normalized spacial score (nSPS) is 14.6. The van der Waals surface area contributed by atoms with Crippen LogP contribution in [0.1, 0.15) is 16.3 Å². The Kier molecular flexibility index (Phi) is 4.23. The van der Waals surface area contributed by atoms with Gasteiger partial charge in [0, 0.05) is 55.7 Å². The summed E-state index contributed by atoms with van der Waals surface area (Å²) < 4.78 is 5.43. The Labute approximate surface area is 155 Å². The van der Waals surface area contributed by atoms with Gasteiger partial charge in [0.05, 0.1) is 10.3 Å². The predicted octanol–water partition coefficient (Wildman–Crippen LogP) is 3.01. The number of furan rings is 1. The van der Waals surface area contributed by atoms with Crippen molar-refractivity contribution in [2.75, 3.05) is 31.1 Å². The molecule has 2 aromatic heterocycles. The van der Waals surface area contributed by atoms with Crippen molar-refractivity contribution in [3.8, 4) is 0 Å². The number of amides is 1. The highest BCUT2D eigenvalue weighted by molar-refractivity contribution is 5.99. The van der Waals surface area contributed by atoms with Gasteiger partial charge in [-0.1, -0.05) is 0 Å². The van der Waals surface area contributed by atoms with Gasteiger partial charge in [-0.3, -0.25) is 19.9 Å². The smallest absolute Gasteiger partial charge is 0.289 e. The van der Waals surface area contributed by atoms with Crippen molar-refractivity contribution in [2.45, 2.75) is 6.92 Å². The lowest BCUT2D eigenvalue weighted by atomic mass is 10.1. The van der Waals surface area contributed by atoms with E-state index in [0.717, 1.165) is 11.1 Å². The number of piperazine rings is 1. The summed E-state index contributed by atoms with van der Waals surface area (Å²) in [5.41, 5.74) is 0.961. The highest BCUT2D eigenvalue weighted by Crippen LogP contribution is 2.33. The zero-order valence-corrected chi connectivity index (χ0v) is 14.8. The molecule has 0 saturated carbocycles. The number of rotatable bonds is 3. The largest absolute Gasteiger partial charge is 0.456 e. The van der Waals surface area contributed by atoms with Crippen LogP contribution in [0.5, 0.6) is 0 Å². The first kappa shape index (κ1) is 17.0. The fourth-order valence-electron chi connectivity index (χ4n) is 3.45. The van der Waals surface area contributed by atoms with Crippen molar-refractivity contribution in [1.82, 2.24) is 9.88 Å². The average molecular weight is 366 g/mol. The van der Waals surface area contributed by atoms with Gasteiger partial charge < -0.3 is 14.2 Å². The number of hydrogen-bond acceptors (Lipinski definition) is 6. The van der Waals surface area contributed by atoms with Crippen LogP contribution in [0.25, 0.3) is 10.8 Å². The maximum absolute atomic E-state index is 12.5. The SMILES string of the molecule is Cc1ccc(C(=O)N2CCN(c3ccc([N+](=O)[O-])c4cnccc34)CC2)o1. The van der Waals surface area contributed by atoms with Gasteiger partial charge in [-0.15, -0.1) is 0 Å². The van der Waals surface area contributed by atoms with Crippen molar-refractivity contribution in [1.29, 1.82) is 0 Å². The molecule has 1 aliphatic rings. The van der Waals surface area contributed by atoms with Crippen LogP contribution in [0.2, 0.25) is 0 Å². The third kappa shape index (κ3) is 3.10. The molecule has 3 aromatic rings. The fraction of sp³-hybridized carbons (Fsp3) is 0.263. The first-order chi connectivity index (χ1) is 13.0. The molecule has 0 bridgehead atoms. The van der Waals surface area contributed by atoms with Gasteiger partial charge in [-0.05, 0) is 31.2 Å². The molecule has 0 unspecified atom stereocenters. The fourth-order valence-corrected chi connectivity index (χ4v) is 3.45. The summed E-state index contributed by atoms with van der Waals surface area (Å²) in [7, 11) is 0. The summed E-state index contributed by atoms with van der Waals surface area (Å²) in [5.74, 6) is 0.955. The number of nitrogens with zero attached hydrogens (tertiary/aromatic N) is 4. The summed E-state index contributed by atoms with van der Waals surface area (Å²) in [6.07, 6.45) is 3.16. The van der Waals surface area contributed by atoms with E-state index >= 15 is 0 Å². The minimum absolute atomic E-state index is 0.0452. The Hall–Kier alpha value is -3.42. The molecule has 1 amide bonds. The van der Waals surface area contributed by atoms with Crippen LogP contribution < -0.4 is 4.90 Å². The Bertz CT molecular complexity index is 1020. The lowest BCUT2D eigenvalue weighted by molar-refractivity contribution is -0.383. The molecule has 0 N–H and O–H groups in total. The quantitative estimate of drug-likeness (QED) is 0.523. The van der Waals surface area contributed by atoms with Crippen LogP contribution >= 0.6 is 0 Å². The number of carbonyl (C=O) groups is 1. The first-order valence-corrected chi connectivity index (χ1v) is 8.66. The molecule has 8 heteroatoms. The Balaban J connectivity index is 1.56. The third-order valence-corrected chi connectivity index (χ3v) is 4.83. The van der Waals surface area contributed by atoms with Gasteiger partial charge in [0.15, 0.2) is 5.76 Å². The minimum Gasteiger partial charge on any atom is -0.456 e. The number of aromatic nitrogens is 1. The van der Waals surface area contributed by atoms with Gasteiger partial charge >= 0.3 is 0 Å². The zero-order chi connectivity index (χ0) is 19.0. The Morgan fingerprint density at radius 3 is 2.56 bits per heavy atom. The topological polar surface area (TPSA) is 92.7 Å². The molecule has 0 spiro atoms. The number of benzene rings is 1. The van der Waals surface area contributed by atoms with Crippen molar-refractivity contribution in [2.24, 2.45) is 0 Å². The molecule has 1 fully saturated rings. The van der Waals surface area contributed by atoms with E-state index in [4.69, 9.17) is 4.42 Å². The number of pyridine rings is 1. The van der Waals surface area contributed by atoms with Gasteiger partial charge in [0.25, 0.3) is 11.6 Å². The Morgan fingerprint density at radius 1 is 1.11 bits per heavy atom. The number of hydrogen-bond donors (Lipinski definition) is 0. The van der Waals surface area contributed by atoms with E-state index in [1.165, 1.54) is 12.3 Å². The number of anilines is 1. The first-order valence-electron chi connectivity index (χ1n) is 8.66. The number of non-ortho nitro benzene ring substituents is 1. The molecule has 1 aromatic carbocycles. The summed E-state index contributed by atoms with van der Waals surface area (Å²) in [4.78, 5) is 31.3. The average Bonchev–Trinajstić information content (AvgIpc) is 3.13. The van der Waals surface area contributed by atoms with Crippen LogP contribution in [-0.4, -0.2) is 46.9 Å². The number of nitro groups is 1. The van der Waals surface area contributed by atoms with Gasteiger partial charge in [0.1, 0.15) is 5.76 Å². The van der Waals surface area contributed by atoms with E-state index in [0.29, 0.717) is 43.1 Å². The van der Waals surface area contributed by atoms with Gasteiger partial charge in [-0.25, -0.2) is 0 Å². The number of aryl methyl sites for hydroxylation is 1. The predicted molar refractivity (Wildman–Crippen MR) is 100.0 cm³/mol. The lowest BCUT2D eigenvalue weighted by Gasteiger charge is -2.36. The molecule has 0 aliphatic carbocycles. The second kappa shape index (κ2) is 6.71. The van der Waals surface area contributed by atoms with E-state index < -0.39 is 4.92 Å². The van der Waals surface area contributed by atoms with Crippen molar-refractivity contribution >= 4 is 28.1 Å². The van der Waals surface area contributed by atoms with Crippen LogP contribution in [0.15, 0.2) is 47.1 Å². The molecule has 27 heavy (non-hydrogen) atoms. The molecule has 1 aliphatic heterocycles. The van der Waals surface area contributed by atoms with Crippen LogP contribution in [0.4, 0.5) is 11.4 Å². The van der Waals surface area contributed by atoms with E-state index in [9.17, 15) is 14.9 Å². The van der Waals surface area contributed by atoms with Crippen molar-refractivity contribution in [3.63, 3.8) is 0 Å². The number of fused-ring (bicyclic) bond motifs is 1. The molecule has 3 heterocycles. The van der Waals surface area contributed by atoms with Gasteiger partial charge in [-0.2, -0.15) is 0 Å². The molecule has 4 rings (SSSR count). The van der Waals surface area contributed by atoms with Crippen molar-refractivity contribution < 1.29 is 14.1 Å². The summed E-state index contributed by atoms with van der Waals surface area (Å²) in [5, 5.41) is 12.6. The highest BCUT2D eigenvalue weighted by atomic mass is 16.6. The molecule has 138 valence electrons. The monoisotopic (exact) mass is 366 g/mol. The third-order valence-electron chi connectivity index (χ3n) is 4.83. The second-order valence-corrected chi connectivity index (χ2v) is 6.47. The maximum Gasteiger partial charge on any atom is 0.289 e. The minimum atomic E-state index is -0.393. The zero-order valence-electron chi connectivity index (χ0n) is 14.8. The Morgan fingerprint density at radius 2 is 1.89 bits per heavy atom. The summed E-state index contributed by atoms with van der Waals surface area (Å²) in [6, 6.07) is 8.55. The molecular formula is C19H18N4O4. The van der Waals surface area contributed by atoms with E-state index in [1.54, 1.807) is 35.4 Å². The molecule has 8 nitrogen and oxygen atoms in total. The summed E-state index contributed by atoms with van der Waals surface area (Å²) >= 11 is 0. The molecular weight excluding hydrogens is 348 g/mol. The van der Waals surface area contributed by atoms with E-state index in [-0.39, 0.29) is 11.6 Å². The maximum atomic E-state index is 12.5. The van der Waals surface area contributed by atoms with E-state index in [1.807, 2.05) is 6.92 Å². The standard InChI is InChI=1S/C19H18N4O4/c1-13-2-5-18(27-13)19(24)22-10-8-21(9-11-22)16-3-4-17(23(25)26)15-12-20-7-6-14(15)16/h2-7,12H,8-11H2,1H3. The van der Waals surface area contributed by atoms with Crippen LogP contribution in [0.3, 0.4) is 0 Å². The van der Waals surface area contributed by atoms with Gasteiger partial charge in [0.2, 0.25) is 0 Å². The molecule has 1 saturated heterocycles. The van der Waals surface area contributed by atoms with Crippen molar-refractivity contribution in [3.05, 3.63) is 64.4 Å².